The number of halogens is 1. The van der Waals surface area contributed by atoms with Crippen LogP contribution in [0.5, 0.6) is 0 Å². The highest BCUT2D eigenvalue weighted by Crippen LogP contribution is 2.14. The fraction of sp³-hybridized carbons (Fsp3) is 0.750. The molecule has 1 nitrogen and oxygen atoms in total. The zero-order chi connectivity index (χ0) is 6.08. The van der Waals surface area contributed by atoms with Gasteiger partial charge in [0.25, 0.3) is 0 Å². The largest absolute Gasteiger partial charge is 0.305 e. The molecule has 0 aromatic heterocycles. The first-order valence-electron chi connectivity index (χ1n) is 1.89. The molecule has 3 radical (unpaired) electrons. The Kier molecular flexibility index (Phi) is 2.20. The van der Waals surface area contributed by atoms with E-state index in [-0.39, 0.29) is 5.41 Å². The van der Waals surface area contributed by atoms with Gasteiger partial charge < -0.3 is 4.79 Å². The van der Waals surface area contributed by atoms with Gasteiger partial charge in [-0.2, -0.15) is 0 Å². The van der Waals surface area contributed by atoms with Crippen LogP contribution in [0.4, 0.5) is 0 Å². The third kappa shape index (κ3) is 3.00. The number of hydrogen-bond acceptors (Lipinski definition) is 1. The summed E-state index contributed by atoms with van der Waals surface area (Å²) in [6, 6.07) is 0. The summed E-state index contributed by atoms with van der Waals surface area (Å²) in [5, 5.41) is -0.0347. The first-order valence-corrected chi connectivity index (χ1v) is 3.19. The van der Waals surface area contributed by atoms with Crippen molar-refractivity contribution in [2.75, 3.05) is 0 Å². The minimum atomic E-state index is -0.413. The van der Waals surface area contributed by atoms with Crippen molar-refractivity contribution in [1.29, 1.82) is 0 Å². The van der Waals surface area contributed by atoms with Crippen LogP contribution in [-0.2, 0) is 4.79 Å². The van der Waals surface area contributed by atoms with E-state index in [1.807, 2.05) is 0 Å². The van der Waals surface area contributed by atoms with Crippen LogP contribution in [0.15, 0.2) is 0 Å². The standard InChI is InChI=1S/C4H6BrOSi/c1-4(2,5)3(6)7/h1-2H3. The van der Waals surface area contributed by atoms with Gasteiger partial charge in [-0.05, 0) is 13.8 Å². The predicted octanol–water partition coefficient (Wildman–Crippen LogP) is 0.855. The van der Waals surface area contributed by atoms with Gasteiger partial charge in [0, 0.05) is 0 Å². The van der Waals surface area contributed by atoms with Crippen LogP contribution in [0.3, 0.4) is 0 Å². The Morgan fingerprint density at radius 2 is 1.86 bits per heavy atom. The Morgan fingerprint density at radius 1 is 1.71 bits per heavy atom. The zero-order valence-electron chi connectivity index (χ0n) is 4.29. The van der Waals surface area contributed by atoms with Crippen LogP contribution in [0.2, 0.25) is 0 Å². The molecule has 0 heterocycles. The normalized spacial score (nSPS) is 11.4. The molecule has 0 unspecified atom stereocenters. The molecule has 0 atom stereocenters. The molecule has 0 rings (SSSR count). The third-order valence-corrected chi connectivity index (χ3v) is 1.89. The molecule has 0 saturated carbocycles. The number of carbonyl (C=O) groups excluding carboxylic acids is 1. The predicted molar refractivity (Wildman–Crippen MR) is 33.8 cm³/mol. The van der Waals surface area contributed by atoms with Crippen molar-refractivity contribution in [1.82, 2.24) is 0 Å². The van der Waals surface area contributed by atoms with Crippen LogP contribution < -0.4 is 0 Å². The van der Waals surface area contributed by atoms with Crippen molar-refractivity contribution >= 4 is 31.6 Å². The first-order chi connectivity index (χ1) is 2.94. The summed E-state index contributed by atoms with van der Waals surface area (Å²) in [6.07, 6.45) is 0. The van der Waals surface area contributed by atoms with Crippen LogP contribution in [-0.4, -0.2) is 20.0 Å². The SMILES string of the molecule is CC(C)(Br)C(=O)[Si]. The first kappa shape index (κ1) is 7.37. The van der Waals surface area contributed by atoms with E-state index >= 15 is 0 Å². The smallest absolute Gasteiger partial charge is 0.128 e. The second-order valence-electron chi connectivity index (χ2n) is 1.80. The molecule has 0 aromatic rings. The molecule has 0 N–H and O–H groups in total. The summed E-state index contributed by atoms with van der Waals surface area (Å²) in [5.41, 5.74) is 0. The van der Waals surface area contributed by atoms with Crippen molar-refractivity contribution in [3.8, 4) is 0 Å². The Hall–Kier alpha value is 0.367. The molecule has 0 aliphatic carbocycles. The molecule has 0 amide bonds. The van der Waals surface area contributed by atoms with E-state index < -0.39 is 4.32 Å². The molecular formula is C4H6BrOSi. The van der Waals surface area contributed by atoms with E-state index in [1.165, 1.54) is 0 Å². The fourth-order valence-electron chi connectivity index (χ4n) is 0. The van der Waals surface area contributed by atoms with Gasteiger partial charge in [0.2, 0.25) is 0 Å². The Labute approximate surface area is 55.0 Å². The van der Waals surface area contributed by atoms with Crippen LogP contribution in [0.1, 0.15) is 13.8 Å². The van der Waals surface area contributed by atoms with Crippen molar-refractivity contribution in [2.24, 2.45) is 0 Å². The Bertz CT molecular complexity index is 84.2. The molecule has 0 aromatic carbocycles. The maximum absolute atomic E-state index is 10.3. The second kappa shape index (κ2) is 2.09. The van der Waals surface area contributed by atoms with Gasteiger partial charge >= 0.3 is 0 Å². The molecule has 3 heteroatoms. The summed E-state index contributed by atoms with van der Waals surface area (Å²) < 4.78 is -0.413. The molecule has 0 aliphatic heterocycles. The summed E-state index contributed by atoms with van der Waals surface area (Å²) >= 11 is 3.14. The van der Waals surface area contributed by atoms with Crippen LogP contribution >= 0.6 is 15.9 Å². The van der Waals surface area contributed by atoms with Crippen molar-refractivity contribution in [2.45, 2.75) is 18.2 Å². The van der Waals surface area contributed by atoms with Gasteiger partial charge in [-0.25, -0.2) is 0 Å². The highest BCUT2D eigenvalue weighted by Gasteiger charge is 2.17. The van der Waals surface area contributed by atoms with Crippen molar-refractivity contribution < 1.29 is 4.79 Å². The minimum absolute atomic E-state index is 0.0347. The Balaban J connectivity index is 3.79. The van der Waals surface area contributed by atoms with Gasteiger partial charge in [0.1, 0.15) is 15.6 Å². The molecule has 0 saturated heterocycles. The lowest BCUT2D eigenvalue weighted by molar-refractivity contribution is -0.112. The van der Waals surface area contributed by atoms with E-state index in [0.29, 0.717) is 0 Å². The number of carbonyl (C=O) groups is 1. The summed E-state index contributed by atoms with van der Waals surface area (Å²) in [7, 11) is 2.86. The molecule has 39 valence electrons. The molecule has 7 heavy (non-hydrogen) atoms. The minimum Gasteiger partial charge on any atom is -0.305 e. The van der Waals surface area contributed by atoms with E-state index in [0.717, 1.165) is 0 Å². The maximum Gasteiger partial charge on any atom is 0.128 e. The average molecular weight is 178 g/mol. The lowest BCUT2D eigenvalue weighted by atomic mass is 10.2. The van der Waals surface area contributed by atoms with Crippen molar-refractivity contribution in [3.63, 3.8) is 0 Å². The van der Waals surface area contributed by atoms with E-state index in [9.17, 15) is 4.79 Å². The molecule has 0 fully saturated rings. The monoisotopic (exact) mass is 177 g/mol. The van der Waals surface area contributed by atoms with E-state index in [1.54, 1.807) is 13.8 Å². The van der Waals surface area contributed by atoms with Crippen LogP contribution in [0.25, 0.3) is 0 Å². The summed E-state index contributed by atoms with van der Waals surface area (Å²) in [5.74, 6) is 0. The number of rotatable bonds is 1. The van der Waals surface area contributed by atoms with Gasteiger partial charge in [0.15, 0.2) is 0 Å². The maximum atomic E-state index is 10.3. The fourth-order valence-corrected chi connectivity index (χ4v) is 0. The van der Waals surface area contributed by atoms with Gasteiger partial charge in [-0.3, -0.25) is 0 Å². The zero-order valence-corrected chi connectivity index (χ0v) is 6.87. The highest BCUT2D eigenvalue weighted by atomic mass is 79.9. The molecule has 0 bridgehead atoms. The number of hydrogen-bond donors (Lipinski definition) is 0. The van der Waals surface area contributed by atoms with Crippen LogP contribution in [0, 0.1) is 0 Å². The van der Waals surface area contributed by atoms with E-state index in [2.05, 4.69) is 26.2 Å². The number of alkyl halides is 1. The summed E-state index contributed by atoms with van der Waals surface area (Å²) in [6.45, 7) is 3.56. The topological polar surface area (TPSA) is 17.1 Å². The second-order valence-corrected chi connectivity index (χ2v) is 4.24. The van der Waals surface area contributed by atoms with Gasteiger partial charge in [-0.1, -0.05) is 15.9 Å². The average Bonchev–Trinajstić information content (AvgIpc) is 1.31. The third-order valence-electron chi connectivity index (χ3n) is 0.540. The summed E-state index contributed by atoms with van der Waals surface area (Å²) in [4.78, 5) is 10.3. The van der Waals surface area contributed by atoms with Gasteiger partial charge in [0.05, 0.1) is 4.32 Å². The quantitative estimate of drug-likeness (QED) is 0.429. The molecule has 0 spiro atoms. The van der Waals surface area contributed by atoms with Crippen molar-refractivity contribution in [3.05, 3.63) is 0 Å². The molecule has 0 aliphatic rings. The molecular weight excluding hydrogens is 172 g/mol. The van der Waals surface area contributed by atoms with E-state index in [4.69, 9.17) is 0 Å². The lowest BCUT2D eigenvalue weighted by Crippen LogP contribution is -2.23. The highest BCUT2D eigenvalue weighted by molar-refractivity contribution is 9.10. The van der Waals surface area contributed by atoms with Gasteiger partial charge in [-0.15, -0.1) is 0 Å². The lowest BCUT2D eigenvalue weighted by Gasteiger charge is -2.08. The Morgan fingerprint density at radius 3 is 1.86 bits per heavy atom.